The average molecular weight is 835 g/mol. The molecule has 6 heteroatoms. The van der Waals surface area contributed by atoms with Crippen molar-refractivity contribution in [1.82, 2.24) is 0 Å². The van der Waals surface area contributed by atoms with E-state index in [9.17, 15) is 14.4 Å². The summed E-state index contributed by atoms with van der Waals surface area (Å²) >= 11 is 0. The Bertz CT molecular complexity index is 889. The molecule has 350 valence electrons. The summed E-state index contributed by atoms with van der Waals surface area (Å²) in [5.74, 6) is -0.00123. The topological polar surface area (TPSA) is 78.9 Å². The van der Waals surface area contributed by atoms with Gasteiger partial charge in [-0.2, -0.15) is 0 Å². The fourth-order valence-corrected chi connectivity index (χ4v) is 8.01. The zero-order valence-corrected chi connectivity index (χ0v) is 40.2. The quantitative estimate of drug-likeness (QED) is 0.0345. The maximum Gasteiger partial charge on any atom is 0.306 e. The fraction of sp³-hybridized carbons (Fsp3) is 0.943. The number of ether oxygens (including phenoxy) is 3. The number of rotatable bonds is 48. The summed E-state index contributed by atoms with van der Waals surface area (Å²) in [6.07, 6.45) is 49.4. The largest absolute Gasteiger partial charge is 0.462 e. The van der Waals surface area contributed by atoms with Crippen LogP contribution in [0.3, 0.4) is 0 Å². The van der Waals surface area contributed by atoms with E-state index in [-0.39, 0.29) is 31.1 Å². The summed E-state index contributed by atoms with van der Waals surface area (Å²) in [6.45, 7) is 9.03. The van der Waals surface area contributed by atoms with Crippen molar-refractivity contribution in [2.24, 2.45) is 5.92 Å². The standard InChI is InChI=1S/C53H102O6/c1-5-8-10-12-14-16-18-19-20-21-22-23-24-26-28-33-37-41-45-52(55)58-48-50(47-57-51(54)44-40-36-32-27-25-17-15-13-11-9-6-2)59-53(56)46-42-38-34-30-29-31-35-39-43-49(4)7-3/h49-50H,5-48H2,1-4H3/t49?,50-/m1/s1. The minimum absolute atomic E-state index is 0.0631. The molecule has 0 aliphatic heterocycles. The molecule has 0 aromatic carbocycles. The molecule has 0 saturated heterocycles. The Hall–Kier alpha value is -1.59. The molecule has 0 saturated carbocycles. The Kier molecular flexibility index (Phi) is 46.2. The molecule has 0 N–H and O–H groups in total. The van der Waals surface area contributed by atoms with Gasteiger partial charge in [0.2, 0.25) is 0 Å². The maximum absolute atomic E-state index is 12.8. The first-order valence-electron chi connectivity index (χ1n) is 26.4. The van der Waals surface area contributed by atoms with E-state index in [1.807, 2.05) is 0 Å². The number of hydrogen-bond acceptors (Lipinski definition) is 6. The highest BCUT2D eigenvalue weighted by Crippen LogP contribution is 2.18. The smallest absolute Gasteiger partial charge is 0.306 e. The zero-order chi connectivity index (χ0) is 43.1. The summed E-state index contributed by atoms with van der Waals surface area (Å²) in [7, 11) is 0. The monoisotopic (exact) mass is 835 g/mol. The minimum atomic E-state index is -0.761. The van der Waals surface area contributed by atoms with Gasteiger partial charge in [0.15, 0.2) is 6.10 Å². The van der Waals surface area contributed by atoms with Gasteiger partial charge in [-0.1, -0.05) is 259 Å². The number of carbonyl (C=O) groups excluding carboxylic acids is 3. The highest BCUT2D eigenvalue weighted by molar-refractivity contribution is 5.71. The lowest BCUT2D eigenvalue weighted by molar-refractivity contribution is -0.167. The second-order valence-electron chi connectivity index (χ2n) is 18.4. The lowest BCUT2D eigenvalue weighted by Gasteiger charge is -2.18. The second-order valence-corrected chi connectivity index (χ2v) is 18.4. The van der Waals surface area contributed by atoms with E-state index in [1.165, 1.54) is 193 Å². The van der Waals surface area contributed by atoms with Crippen molar-refractivity contribution in [3.8, 4) is 0 Å². The van der Waals surface area contributed by atoms with Gasteiger partial charge in [0.1, 0.15) is 13.2 Å². The third-order valence-electron chi connectivity index (χ3n) is 12.4. The molecule has 1 unspecified atom stereocenters. The van der Waals surface area contributed by atoms with E-state index in [4.69, 9.17) is 14.2 Å². The van der Waals surface area contributed by atoms with Crippen LogP contribution in [0.15, 0.2) is 0 Å². The predicted molar refractivity (Wildman–Crippen MR) is 252 cm³/mol. The Labute approximate surface area is 368 Å². The van der Waals surface area contributed by atoms with Crippen molar-refractivity contribution in [3.05, 3.63) is 0 Å². The highest BCUT2D eigenvalue weighted by atomic mass is 16.6. The van der Waals surface area contributed by atoms with Crippen molar-refractivity contribution in [3.63, 3.8) is 0 Å². The number of esters is 3. The van der Waals surface area contributed by atoms with Crippen LogP contribution < -0.4 is 0 Å². The Morgan fingerprint density at radius 1 is 0.339 bits per heavy atom. The van der Waals surface area contributed by atoms with Crippen LogP contribution in [-0.4, -0.2) is 37.2 Å². The molecular formula is C53H102O6. The van der Waals surface area contributed by atoms with Crippen LogP contribution in [0, 0.1) is 5.92 Å². The molecule has 0 radical (unpaired) electrons. The first kappa shape index (κ1) is 57.4. The first-order chi connectivity index (χ1) is 28.9. The molecule has 0 bridgehead atoms. The summed E-state index contributed by atoms with van der Waals surface area (Å²) in [4.78, 5) is 37.9. The maximum atomic E-state index is 12.8. The van der Waals surface area contributed by atoms with Crippen LogP contribution in [0.2, 0.25) is 0 Å². The molecule has 0 heterocycles. The number of unbranched alkanes of at least 4 members (excludes halogenated alkanes) is 34. The van der Waals surface area contributed by atoms with Gasteiger partial charge < -0.3 is 14.2 Å². The molecule has 0 aliphatic carbocycles. The second kappa shape index (κ2) is 47.5. The zero-order valence-electron chi connectivity index (χ0n) is 40.2. The fourth-order valence-electron chi connectivity index (χ4n) is 8.01. The van der Waals surface area contributed by atoms with Crippen molar-refractivity contribution in [2.75, 3.05) is 13.2 Å². The lowest BCUT2D eigenvalue weighted by Crippen LogP contribution is -2.30. The van der Waals surface area contributed by atoms with E-state index >= 15 is 0 Å². The summed E-state index contributed by atoms with van der Waals surface area (Å²) in [5.41, 5.74) is 0. The molecule has 0 amide bonds. The van der Waals surface area contributed by atoms with Gasteiger partial charge in [-0.05, 0) is 25.2 Å². The Morgan fingerprint density at radius 2 is 0.593 bits per heavy atom. The van der Waals surface area contributed by atoms with Crippen molar-refractivity contribution < 1.29 is 28.6 Å². The van der Waals surface area contributed by atoms with Crippen LogP contribution in [-0.2, 0) is 28.6 Å². The number of carbonyl (C=O) groups is 3. The van der Waals surface area contributed by atoms with Crippen LogP contribution in [0.1, 0.15) is 297 Å². The first-order valence-corrected chi connectivity index (χ1v) is 26.4. The lowest BCUT2D eigenvalue weighted by atomic mass is 9.99. The van der Waals surface area contributed by atoms with Crippen LogP contribution >= 0.6 is 0 Å². The van der Waals surface area contributed by atoms with Gasteiger partial charge >= 0.3 is 17.9 Å². The van der Waals surface area contributed by atoms with E-state index in [1.54, 1.807) is 0 Å². The molecule has 0 spiro atoms. The molecule has 0 fully saturated rings. The van der Waals surface area contributed by atoms with Crippen molar-refractivity contribution in [1.29, 1.82) is 0 Å². The third kappa shape index (κ3) is 45.8. The van der Waals surface area contributed by atoms with Gasteiger partial charge in [0.05, 0.1) is 0 Å². The Morgan fingerprint density at radius 3 is 0.881 bits per heavy atom. The SMILES string of the molecule is CCCCCCCCCCCCCCCCCCCCC(=O)OC[C@@H](COC(=O)CCCCCCCCCCCCC)OC(=O)CCCCCCCCCCC(C)CC. The molecular weight excluding hydrogens is 733 g/mol. The van der Waals surface area contributed by atoms with Crippen LogP contribution in [0.25, 0.3) is 0 Å². The summed E-state index contributed by atoms with van der Waals surface area (Å²) < 4.78 is 16.8. The third-order valence-corrected chi connectivity index (χ3v) is 12.4. The van der Waals surface area contributed by atoms with Gasteiger partial charge in [0.25, 0.3) is 0 Å². The van der Waals surface area contributed by atoms with Gasteiger partial charge in [-0.25, -0.2) is 0 Å². The van der Waals surface area contributed by atoms with Crippen LogP contribution in [0.5, 0.6) is 0 Å². The highest BCUT2D eigenvalue weighted by Gasteiger charge is 2.19. The molecule has 0 rings (SSSR count). The Balaban J connectivity index is 4.26. The van der Waals surface area contributed by atoms with Gasteiger partial charge in [0, 0.05) is 19.3 Å². The van der Waals surface area contributed by atoms with E-state index in [0.29, 0.717) is 19.3 Å². The van der Waals surface area contributed by atoms with E-state index in [2.05, 4.69) is 27.7 Å². The molecule has 0 aromatic rings. The normalized spacial score (nSPS) is 12.4. The molecule has 0 aliphatic rings. The number of hydrogen-bond donors (Lipinski definition) is 0. The summed E-state index contributed by atoms with van der Waals surface area (Å²) in [6, 6.07) is 0. The molecule has 59 heavy (non-hydrogen) atoms. The summed E-state index contributed by atoms with van der Waals surface area (Å²) in [5, 5.41) is 0. The molecule has 6 nitrogen and oxygen atoms in total. The van der Waals surface area contributed by atoms with Gasteiger partial charge in [-0.3, -0.25) is 14.4 Å². The van der Waals surface area contributed by atoms with E-state index in [0.717, 1.165) is 63.7 Å². The average Bonchev–Trinajstić information content (AvgIpc) is 3.23. The van der Waals surface area contributed by atoms with E-state index < -0.39 is 6.10 Å². The van der Waals surface area contributed by atoms with Crippen LogP contribution in [0.4, 0.5) is 0 Å². The minimum Gasteiger partial charge on any atom is -0.462 e. The predicted octanol–water partition coefficient (Wildman–Crippen LogP) is 17.1. The van der Waals surface area contributed by atoms with Gasteiger partial charge in [-0.15, -0.1) is 0 Å². The van der Waals surface area contributed by atoms with Crippen molar-refractivity contribution >= 4 is 17.9 Å². The molecule has 0 aromatic heterocycles. The molecule has 2 atom stereocenters. The van der Waals surface area contributed by atoms with Crippen molar-refractivity contribution in [2.45, 2.75) is 303 Å².